The van der Waals surface area contributed by atoms with Crippen LogP contribution in [0, 0.1) is 0 Å². The molecule has 0 spiro atoms. The highest BCUT2D eigenvalue weighted by Crippen LogP contribution is 2.47. The molecule has 5 heteroatoms. The Morgan fingerprint density at radius 1 is 0.357 bits per heavy atom. The highest BCUT2D eigenvalue weighted by molar-refractivity contribution is 7.27. The molecule has 3 heterocycles. The number of nitrogens with zero attached hydrogens (tertiary/aromatic N) is 3. The molecule has 3 aromatic heterocycles. The van der Waals surface area contributed by atoms with Gasteiger partial charge in [-0.3, -0.25) is 0 Å². The normalized spacial score (nSPS) is 15.1. The van der Waals surface area contributed by atoms with E-state index in [1.54, 1.807) is 17.4 Å². The second-order valence-electron chi connectivity index (χ2n) is 12.9. The summed E-state index contributed by atoms with van der Waals surface area (Å²) in [4.78, 5) is 13.8. The smallest absolute Gasteiger partial charge is 0.164 e. The summed E-state index contributed by atoms with van der Waals surface area (Å²) in [5.74, 6) is -0.894. The first kappa shape index (κ1) is 21.3. The molecule has 56 heavy (non-hydrogen) atoms. The fourth-order valence-electron chi connectivity index (χ4n) is 7.03. The fourth-order valence-corrected chi connectivity index (χ4v) is 9.41. The number of benzene rings is 8. The van der Waals surface area contributed by atoms with E-state index >= 15 is 0 Å². The minimum absolute atomic E-state index is 0.0690. The Morgan fingerprint density at radius 2 is 0.982 bits per heavy atom. The molecule has 11 rings (SSSR count). The number of aromatic nitrogens is 3. The van der Waals surface area contributed by atoms with Gasteiger partial charge in [0.05, 0.1) is 19.2 Å². The van der Waals surface area contributed by atoms with Gasteiger partial charge in [-0.2, -0.15) is 0 Å². The molecule has 0 bridgehead atoms. The Hall–Kier alpha value is -6.79. The van der Waals surface area contributed by atoms with Crippen LogP contribution >= 0.6 is 22.7 Å². The lowest BCUT2D eigenvalue weighted by Crippen LogP contribution is -2.00. The van der Waals surface area contributed by atoms with Crippen LogP contribution in [0.5, 0.6) is 0 Å². The van der Waals surface area contributed by atoms with Gasteiger partial charge < -0.3 is 0 Å². The van der Waals surface area contributed by atoms with Crippen LogP contribution in [0.1, 0.15) is 19.2 Å². The summed E-state index contributed by atoms with van der Waals surface area (Å²) in [6.45, 7) is 0. The highest BCUT2D eigenvalue weighted by atomic mass is 32.1. The lowest BCUT2D eigenvalue weighted by atomic mass is 9.93. The third-order valence-corrected chi connectivity index (χ3v) is 11.9. The standard InChI is InChI=1S/C51H31N3S2/c1-4-13-32(14-5-1)34-23-25-36(26-24-34)50-52-49(35-17-8-3-9-18-35)53-51(54-50)37-27-28-41-46(31-37)55-45-22-12-20-40(47(41)45)43-30-38(33-15-6-2-7-16-33)29-42-39-19-10-11-21-44(39)56-48(42)43/h1-31H/i1D,3D,4D,5D,8D,9D,13D,14D,17D,18D,23D,24D,25D,26D. The summed E-state index contributed by atoms with van der Waals surface area (Å²) in [7, 11) is 0. The van der Waals surface area contributed by atoms with Crippen molar-refractivity contribution in [2.45, 2.75) is 0 Å². The van der Waals surface area contributed by atoms with Crippen LogP contribution in [-0.2, 0) is 0 Å². The topological polar surface area (TPSA) is 38.7 Å². The molecule has 0 unspecified atom stereocenters. The average molecular weight is 764 g/mol. The van der Waals surface area contributed by atoms with Gasteiger partial charge in [-0.15, -0.1) is 22.7 Å². The Balaban J connectivity index is 1.13. The predicted molar refractivity (Wildman–Crippen MR) is 238 cm³/mol. The molecule has 0 amide bonds. The van der Waals surface area contributed by atoms with Gasteiger partial charge in [0.25, 0.3) is 0 Å². The Labute approximate surface area is 351 Å². The zero-order valence-electron chi connectivity index (χ0n) is 43.0. The van der Waals surface area contributed by atoms with E-state index < -0.39 is 113 Å². The van der Waals surface area contributed by atoms with E-state index in [0.29, 0.717) is 5.56 Å². The monoisotopic (exact) mass is 763 g/mol. The van der Waals surface area contributed by atoms with Crippen molar-refractivity contribution in [1.82, 2.24) is 15.0 Å². The first-order valence-electron chi connectivity index (χ1n) is 24.5. The maximum atomic E-state index is 9.19. The molecule has 0 aliphatic heterocycles. The van der Waals surface area contributed by atoms with Crippen LogP contribution < -0.4 is 0 Å². The van der Waals surface area contributed by atoms with Gasteiger partial charge in [0.15, 0.2) is 17.5 Å². The predicted octanol–water partition coefficient (Wildman–Crippen LogP) is 14.6. The molecule has 0 aliphatic carbocycles. The number of hydrogen-bond acceptors (Lipinski definition) is 5. The Morgan fingerprint density at radius 3 is 1.75 bits per heavy atom. The van der Waals surface area contributed by atoms with Crippen LogP contribution in [0.3, 0.4) is 0 Å². The summed E-state index contributed by atoms with van der Waals surface area (Å²) >= 11 is 3.28. The summed E-state index contributed by atoms with van der Waals surface area (Å²) in [5, 5.41) is 4.28. The summed E-state index contributed by atoms with van der Waals surface area (Å²) in [5.41, 5.74) is 2.78. The van der Waals surface area contributed by atoms with E-state index in [0.717, 1.165) is 52.5 Å². The average Bonchev–Trinajstić information content (AvgIpc) is 3.95. The Bertz CT molecular complexity index is 3990. The third-order valence-electron chi connectivity index (χ3n) is 9.59. The molecule has 0 N–H and O–H groups in total. The van der Waals surface area contributed by atoms with Gasteiger partial charge in [0.2, 0.25) is 0 Å². The van der Waals surface area contributed by atoms with E-state index in [1.165, 1.54) is 21.4 Å². The van der Waals surface area contributed by atoms with Crippen LogP contribution in [0.25, 0.3) is 108 Å². The van der Waals surface area contributed by atoms with Crippen molar-refractivity contribution < 1.29 is 19.2 Å². The lowest BCUT2D eigenvalue weighted by molar-refractivity contribution is 1.07. The molecule has 0 saturated heterocycles. The van der Waals surface area contributed by atoms with E-state index in [2.05, 4.69) is 69.5 Å². The number of fused-ring (bicyclic) bond motifs is 6. The zero-order valence-corrected chi connectivity index (χ0v) is 30.6. The molecule has 0 saturated carbocycles. The maximum Gasteiger partial charge on any atom is 0.164 e. The van der Waals surface area contributed by atoms with Gasteiger partial charge in [-0.05, 0) is 58.1 Å². The van der Waals surface area contributed by atoms with Crippen molar-refractivity contribution >= 4 is 63.0 Å². The Kier molecular flexibility index (Phi) is 5.14. The molecule has 0 radical (unpaired) electrons. The minimum atomic E-state index is -0.745. The molecular formula is C51H31N3S2. The lowest BCUT2D eigenvalue weighted by Gasteiger charge is -2.11. The van der Waals surface area contributed by atoms with Crippen LogP contribution in [0.15, 0.2) is 188 Å². The van der Waals surface area contributed by atoms with Gasteiger partial charge in [-0.25, -0.2) is 15.0 Å². The SMILES string of the molecule is [2H]c1c([2H])c([2H])c(-c2nc(-c3ccc4c(c3)sc3cccc(-c5cc(-c6ccccc6)cc6c5sc5ccccc56)c34)nc(-c3c([2H])c([2H])c(-c4c([2H])c([2H])c([2H])c([2H])c4[2H])c([2H])c3[2H])n2)c([2H])c1[2H]. The number of rotatable bonds is 6. The fraction of sp³-hybridized carbons (Fsp3) is 0. The quantitative estimate of drug-likeness (QED) is 0.169. The minimum Gasteiger partial charge on any atom is -0.208 e. The van der Waals surface area contributed by atoms with E-state index in [4.69, 9.17) is 16.4 Å². The molecule has 8 aromatic carbocycles. The van der Waals surface area contributed by atoms with Crippen molar-refractivity contribution in [3.05, 3.63) is 188 Å². The maximum absolute atomic E-state index is 9.19. The van der Waals surface area contributed by atoms with Crippen LogP contribution in [0.2, 0.25) is 0 Å². The third kappa shape index (κ3) is 5.68. The largest absolute Gasteiger partial charge is 0.208 e. The second-order valence-corrected chi connectivity index (χ2v) is 15.0. The van der Waals surface area contributed by atoms with Gasteiger partial charge in [0.1, 0.15) is 0 Å². The van der Waals surface area contributed by atoms with Gasteiger partial charge >= 0.3 is 0 Å². The summed E-state index contributed by atoms with van der Waals surface area (Å²) in [6, 6.07) is 25.2. The summed E-state index contributed by atoms with van der Waals surface area (Å²) < 4.78 is 125. The molecule has 0 aliphatic rings. The zero-order chi connectivity index (χ0) is 49.2. The van der Waals surface area contributed by atoms with Crippen LogP contribution in [0.4, 0.5) is 0 Å². The first-order valence-corrected chi connectivity index (χ1v) is 19.2. The number of thiophene rings is 2. The number of hydrogen-bond donors (Lipinski definition) is 0. The van der Waals surface area contributed by atoms with Crippen LogP contribution in [-0.4, -0.2) is 15.0 Å². The molecule has 11 aromatic rings. The van der Waals surface area contributed by atoms with E-state index in [1.807, 2.05) is 42.5 Å². The second kappa shape index (κ2) is 13.5. The van der Waals surface area contributed by atoms with E-state index in [-0.39, 0.29) is 11.4 Å². The first-order chi connectivity index (χ1) is 33.5. The highest BCUT2D eigenvalue weighted by Gasteiger charge is 2.19. The van der Waals surface area contributed by atoms with Crippen molar-refractivity contribution in [2.24, 2.45) is 0 Å². The molecule has 3 nitrogen and oxygen atoms in total. The van der Waals surface area contributed by atoms with Gasteiger partial charge in [0, 0.05) is 62.6 Å². The van der Waals surface area contributed by atoms with Gasteiger partial charge in [-0.1, -0.05) is 157 Å². The van der Waals surface area contributed by atoms with E-state index in [9.17, 15) is 2.74 Å². The molecule has 0 fully saturated rings. The molecule has 262 valence electrons. The molecular weight excluding hydrogens is 719 g/mol. The molecule has 0 atom stereocenters. The van der Waals surface area contributed by atoms with Crippen molar-refractivity contribution in [2.75, 3.05) is 0 Å². The van der Waals surface area contributed by atoms with Crippen molar-refractivity contribution in [1.29, 1.82) is 0 Å². The van der Waals surface area contributed by atoms with Crippen molar-refractivity contribution in [3.8, 4) is 67.5 Å². The summed E-state index contributed by atoms with van der Waals surface area (Å²) in [6.07, 6.45) is 0. The van der Waals surface area contributed by atoms with Crippen molar-refractivity contribution in [3.63, 3.8) is 0 Å².